The Bertz CT molecular complexity index is 256. The molecule has 0 spiro atoms. The highest BCUT2D eigenvalue weighted by atomic mass is 16.4. The Morgan fingerprint density at radius 2 is 1.88 bits per heavy atom. The second-order valence-electron chi connectivity index (χ2n) is 4.24. The molecule has 0 heterocycles. The van der Waals surface area contributed by atoms with E-state index in [1.165, 1.54) is 0 Å². The zero-order valence-electron chi connectivity index (χ0n) is 11.2. The van der Waals surface area contributed by atoms with Crippen LogP contribution < -0.4 is 5.32 Å². The van der Waals surface area contributed by atoms with Crippen molar-refractivity contribution in [2.75, 3.05) is 13.1 Å². The van der Waals surface area contributed by atoms with Crippen molar-refractivity contribution in [3.63, 3.8) is 0 Å². The number of amides is 1. The van der Waals surface area contributed by atoms with Gasteiger partial charge in [0.15, 0.2) is 0 Å². The summed E-state index contributed by atoms with van der Waals surface area (Å²) in [5.74, 6) is -0.872. The number of nitrogens with one attached hydrogen (secondary N) is 1. The van der Waals surface area contributed by atoms with Crippen LogP contribution in [0.4, 0.5) is 0 Å². The molecular weight excluding hydrogens is 220 g/mol. The molecular formula is C12H24N2O3. The van der Waals surface area contributed by atoms with E-state index in [2.05, 4.69) is 5.32 Å². The van der Waals surface area contributed by atoms with Crippen LogP contribution in [0.1, 0.15) is 40.5 Å². The molecule has 0 aliphatic heterocycles. The third-order valence-corrected chi connectivity index (χ3v) is 2.83. The Morgan fingerprint density at radius 1 is 1.29 bits per heavy atom. The van der Waals surface area contributed by atoms with Crippen molar-refractivity contribution in [1.82, 2.24) is 10.2 Å². The quantitative estimate of drug-likeness (QED) is 0.670. The van der Waals surface area contributed by atoms with E-state index in [0.717, 1.165) is 6.42 Å². The molecule has 0 saturated heterocycles. The van der Waals surface area contributed by atoms with E-state index < -0.39 is 5.97 Å². The first-order valence-electron chi connectivity index (χ1n) is 6.19. The van der Waals surface area contributed by atoms with Gasteiger partial charge in [0.25, 0.3) is 0 Å². The highest BCUT2D eigenvalue weighted by molar-refractivity contribution is 5.81. The van der Waals surface area contributed by atoms with Crippen LogP contribution in [0.2, 0.25) is 0 Å². The van der Waals surface area contributed by atoms with Crippen molar-refractivity contribution < 1.29 is 14.7 Å². The van der Waals surface area contributed by atoms with E-state index in [-0.39, 0.29) is 24.4 Å². The van der Waals surface area contributed by atoms with Crippen LogP contribution in [-0.2, 0) is 9.59 Å². The van der Waals surface area contributed by atoms with Crippen LogP contribution in [-0.4, -0.2) is 47.1 Å². The molecule has 17 heavy (non-hydrogen) atoms. The Hall–Kier alpha value is -1.10. The largest absolute Gasteiger partial charge is 0.481 e. The SMILES string of the molecule is CCCNC(=O)C(C)N(CC)C(C)CC(=O)O. The summed E-state index contributed by atoms with van der Waals surface area (Å²) in [5, 5.41) is 11.6. The number of hydrogen-bond acceptors (Lipinski definition) is 3. The monoisotopic (exact) mass is 244 g/mol. The van der Waals surface area contributed by atoms with Crippen LogP contribution >= 0.6 is 0 Å². The van der Waals surface area contributed by atoms with Crippen molar-refractivity contribution in [2.45, 2.75) is 52.6 Å². The number of likely N-dealkylation sites (N-methyl/N-ethyl adjacent to an activating group) is 1. The van der Waals surface area contributed by atoms with Crippen LogP contribution in [0.25, 0.3) is 0 Å². The minimum absolute atomic E-state index is 0.0362. The Balaban J connectivity index is 4.42. The van der Waals surface area contributed by atoms with E-state index in [1.54, 1.807) is 0 Å². The predicted molar refractivity (Wildman–Crippen MR) is 66.9 cm³/mol. The van der Waals surface area contributed by atoms with Crippen molar-refractivity contribution >= 4 is 11.9 Å². The molecule has 2 N–H and O–H groups in total. The van der Waals surface area contributed by atoms with Gasteiger partial charge in [-0.3, -0.25) is 14.5 Å². The van der Waals surface area contributed by atoms with Gasteiger partial charge in [0.05, 0.1) is 12.5 Å². The van der Waals surface area contributed by atoms with Crippen molar-refractivity contribution in [2.24, 2.45) is 0 Å². The van der Waals surface area contributed by atoms with Crippen LogP contribution in [0.3, 0.4) is 0 Å². The van der Waals surface area contributed by atoms with E-state index in [4.69, 9.17) is 5.11 Å². The molecule has 0 aromatic carbocycles. The minimum Gasteiger partial charge on any atom is -0.481 e. The van der Waals surface area contributed by atoms with Gasteiger partial charge in [-0.15, -0.1) is 0 Å². The normalized spacial score (nSPS) is 14.4. The summed E-state index contributed by atoms with van der Waals surface area (Å²) < 4.78 is 0. The third-order valence-electron chi connectivity index (χ3n) is 2.83. The second kappa shape index (κ2) is 8.06. The predicted octanol–water partition coefficient (Wildman–Crippen LogP) is 1.09. The molecule has 2 unspecified atom stereocenters. The molecule has 0 aliphatic rings. The molecule has 5 nitrogen and oxygen atoms in total. The first-order chi connectivity index (χ1) is 7.93. The van der Waals surface area contributed by atoms with E-state index in [1.807, 2.05) is 32.6 Å². The smallest absolute Gasteiger partial charge is 0.304 e. The van der Waals surface area contributed by atoms with Gasteiger partial charge in [0.2, 0.25) is 5.91 Å². The fourth-order valence-corrected chi connectivity index (χ4v) is 1.88. The summed E-state index contributed by atoms with van der Waals surface area (Å²) in [7, 11) is 0. The maximum atomic E-state index is 11.8. The first kappa shape index (κ1) is 15.9. The van der Waals surface area contributed by atoms with Gasteiger partial charge in [-0.05, 0) is 26.8 Å². The van der Waals surface area contributed by atoms with E-state index >= 15 is 0 Å². The Kier molecular flexibility index (Phi) is 7.54. The van der Waals surface area contributed by atoms with E-state index in [0.29, 0.717) is 13.1 Å². The summed E-state index contributed by atoms with van der Waals surface area (Å²) >= 11 is 0. The second-order valence-corrected chi connectivity index (χ2v) is 4.24. The molecule has 5 heteroatoms. The Labute approximate surface area is 103 Å². The number of nitrogens with zero attached hydrogens (tertiary/aromatic N) is 1. The molecule has 0 bridgehead atoms. The van der Waals surface area contributed by atoms with Gasteiger partial charge in [-0.2, -0.15) is 0 Å². The number of hydrogen-bond donors (Lipinski definition) is 2. The van der Waals surface area contributed by atoms with Crippen LogP contribution in [0, 0.1) is 0 Å². The number of carboxylic acid groups (broad SMARTS) is 1. The fourth-order valence-electron chi connectivity index (χ4n) is 1.88. The lowest BCUT2D eigenvalue weighted by molar-refractivity contribution is -0.139. The molecule has 100 valence electrons. The third kappa shape index (κ3) is 5.68. The Morgan fingerprint density at radius 3 is 2.29 bits per heavy atom. The number of rotatable bonds is 8. The minimum atomic E-state index is -0.836. The molecule has 0 aromatic heterocycles. The molecule has 0 saturated carbocycles. The highest BCUT2D eigenvalue weighted by Gasteiger charge is 2.25. The number of carboxylic acids is 1. The first-order valence-corrected chi connectivity index (χ1v) is 6.19. The lowest BCUT2D eigenvalue weighted by Gasteiger charge is -2.31. The zero-order valence-corrected chi connectivity index (χ0v) is 11.2. The molecule has 0 radical (unpaired) electrons. The van der Waals surface area contributed by atoms with Crippen molar-refractivity contribution in [1.29, 1.82) is 0 Å². The van der Waals surface area contributed by atoms with Gasteiger partial charge in [0.1, 0.15) is 0 Å². The summed E-state index contributed by atoms with van der Waals surface area (Å²) in [4.78, 5) is 24.4. The maximum absolute atomic E-state index is 11.8. The molecule has 0 fully saturated rings. The van der Waals surface area contributed by atoms with Gasteiger partial charge in [0, 0.05) is 12.6 Å². The fraction of sp³-hybridized carbons (Fsp3) is 0.833. The number of carbonyl (C=O) groups is 2. The van der Waals surface area contributed by atoms with Crippen molar-refractivity contribution in [3.8, 4) is 0 Å². The van der Waals surface area contributed by atoms with Gasteiger partial charge in [-0.25, -0.2) is 0 Å². The van der Waals surface area contributed by atoms with Crippen LogP contribution in [0.15, 0.2) is 0 Å². The van der Waals surface area contributed by atoms with Crippen LogP contribution in [0.5, 0.6) is 0 Å². The molecule has 1 amide bonds. The average molecular weight is 244 g/mol. The van der Waals surface area contributed by atoms with Gasteiger partial charge >= 0.3 is 5.97 Å². The average Bonchev–Trinajstić information content (AvgIpc) is 2.25. The lowest BCUT2D eigenvalue weighted by atomic mass is 10.1. The van der Waals surface area contributed by atoms with Gasteiger partial charge in [-0.1, -0.05) is 13.8 Å². The molecule has 0 aliphatic carbocycles. The standard InChI is InChI=1S/C12H24N2O3/c1-5-7-13-12(17)10(4)14(6-2)9(3)8-11(15)16/h9-10H,5-8H2,1-4H3,(H,13,17)(H,15,16). The van der Waals surface area contributed by atoms with E-state index in [9.17, 15) is 9.59 Å². The molecule has 0 aromatic rings. The number of aliphatic carboxylic acids is 1. The number of carbonyl (C=O) groups excluding carboxylic acids is 1. The topological polar surface area (TPSA) is 69.6 Å². The summed E-state index contributed by atoms with van der Waals surface area (Å²) in [5.41, 5.74) is 0. The zero-order chi connectivity index (χ0) is 13.4. The maximum Gasteiger partial charge on any atom is 0.304 e. The highest BCUT2D eigenvalue weighted by Crippen LogP contribution is 2.09. The molecule has 2 atom stereocenters. The summed E-state index contributed by atoms with van der Waals surface area (Å²) in [6, 6.07) is -0.430. The summed E-state index contributed by atoms with van der Waals surface area (Å²) in [6.45, 7) is 8.90. The lowest BCUT2D eigenvalue weighted by Crippen LogP contribution is -2.49. The van der Waals surface area contributed by atoms with Gasteiger partial charge < -0.3 is 10.4 Å². The van der Waals surface area contributed by atoms with Crippen molar-refractivity contribution in [3.05, 3.63) is 0 Å². The summed E-state index contributed by atoms with van der Waals surface area (Å²) in [6.07, 6.45) is 0.953. The molecule has 0 rings (SSSR count).